The van der Waals surface area contributed by atoms with Crippen molar-refractivity contribution in [1.82, 2.24) is 10.3 Å². The quantitative estimate of drug-likeness (QED) is 0.840. The molecular weight excluding hydrogens is 244 g/mol. The van der Waals surface area contributed by atoms with Gasteiger partial charge in [0.2, 0.25) is 0 Å². The van der Waals surface area contributed by atoms with E-state index in [1.165, 1.54) is 0 Å². The first-order valence-electron chi connectivity index (χ1n) is 4.43. The van der Waals surface area contributed by atoms with Crippen LogP contribution in [0.4, 0.5) is 0 Å². The number of hydrogen-bond acceptors (Lipinski definition) is 2. The summed E-state index contributed by atoms with van der Waals surface area (Å²) in [5, 5.41) is 3.61. The van der Waals surface area contributed by atoms with Gasteiger partial charge in [-0.15, -0.1) is 0 Å². The van der Waals surface area contributed by atoms with Crippen molar-refractivity contribution in [3.63, 3.8) is 0 Å². The molecule has 1 aromatic rings. The second-order valence-electron chi connectivity index (χ2n) is 3.21. The van der Waals surface area contributed by atoms with Crippen molar-refractivity contribution in [2.45, 2.75) is 19.9 Å². The Hall–Kier alpha value is -0.900. The summed E-state index contributed by atoms with van der Waals surface area (Å²) in [5.74, 6) is -0.0533. The van der Waals surface area contributed by atoms with Crippen molar-refractivity contribution in [2.24, 2.45) is 0 Å². The number of alkyl halides is 1. The van der Waals surface area contributed by atoms with Crippen LogP contribution >= 0.6 is 15.9 Å². The van der Waals surface area contributed by atoms with Gasteiger partial charge in [0, 0.05) is 28.8 Å². The van der Waals surface area contributed by atoms with Gasteiger partial charge in [0.05, 0.1) is 0 Å². The molecule has 0 spiro atoms. The van der Waals surface area contributed by atoms with Crippen LogP contribution < -0.4 is 5.32 Å². The van der Waals surface area contributed by atoms with Crippen molar-refractivity contribution >= 4 is 21.8 Å². The molecule has 1 N–H and O–H groups in total. The summed E-state index contributed by atoms with van der Waals surface area (Å²) >= 11 is 3.30. The third-order valence-electron chi connectivity index (χ3n) is 1.77. The Balaban J connectivity index is 2.70. The average Bonchev–Trinajstić information content (AvgIpc) is 2.17. The predicted molar refractivity (Wildman–Crippen MR) is 59.7 cm³/mol. The number of aryl methyl sites for hydroxylation is 1. The van der Waals surface area contributed by atoms with Crippen LogP contribution in [0.1, 0.15) is 23.0 Å². The van der Waals surface area contributed by atoms with Crippen LogP contribution in [0.25, 0.3) is 0 Å². The van der Waals surface area contributed by atoms with E-state index in [0.717, 1.165) is 11.0 Å². The van der Waals surface area contributed by atoms with E-state index in [1.807, 2.05) is 13.8 Å². The smallest absolute Gasteiger partial charge is 0.251 e. The standard InChI is InChI=1S/C10H13BrN2O/c1-7-5-9(3-4-12-7)10(14)13-8(2)6-11/h3-5,8H,6H2,1-2H3,(H,13,14). The van der Waals surface area contributed by atoms with Crippen molar-refractivity contribution in [3.8, 4) is 0 Å². The minimum absolute atomic E-state index is 0.0533. The number of aromatic nitrogens is 1. The lowest BCUT2D eigenvalue weighted by molar-refractivity contribution is 0.0943. The molecule has 1 atom stereocenters. The normalized spacial score (nSPS) is 12.2. The molecule has 0 saturated heterocycles. The van der Waals surface area contributed by atoms with E-state index in [-0.39, 0.29) is 11.9 Å². The molecule has 4 heteroatoms. The summed E-state index contributed by atoms with van der Waals surface area (Å²) < 4.78 is 0. The maximum Gasteiger partial charge on any atom is 0.251 e. The Morgan fingerprint density at radius 2 is 2.43 bits per heavy atom. The van der Waals surface area contributed by atoms with Crippen LogP contribution in [0.2, 0.25) is 0 Å². The van der Waals surface area contributed by atoms with E-state index in [0.29, 0.717) is 5.56 Å². The van der Waals surface area contributed by atoms with Crippen LogP contribution in [0.15, 0.2) is 18.3 Å². The molecule has 76 valence electrons. The molecule has 1 heterocycles. The molecule has 0 fully saturated rings. The molecule has 0 aliphatic carbocycles. The Labute approximate surface area is 92.1 Å². The van der Waals surface area contributed by atoms with Crippen LogP contribution in [-0.4, -0.2) is 22.3 Å². The van der Waals surface area contributed by atoms with Crippen LogP contribution in [0.5, 0.6) is 0 Å². The fourth-order valence-electron chi connectivity index (χ4n) is 1.03. The zero-order valence-electron chi connectivity index (χ0n) is 8.25. The van der Waals surface area contributed by atoms with Gasteiger partial charge in [0.15, 0.2) is 0 Å². The maximum atomic E-state index is 11.6. The second kappa shape index (κ2) is 5.10. The number of nitrogens with one attached hydrogen (secondary N) is 1. The van der Waals surface area contributed by atoms with E-state index < -0.39 is 0 Å². The number of carbonyl (C=O) groups excluding carboxylic acids is 1. The van der Waals surface area contributed by atoms with Gasteiger partial charge < -0.3 is 5.32 Å². The van der Waals surface area contributed by atoms with Gasteiger partial charge in [0.1, 0.15) is 0 Å². The van der Waals surface area contributed by atoms with E-state index >= 15 is 0 Å². The van der Waals surface area contributed by atoms with E-state index in [2.05, 4.69) is 26.2 Å². The SMILES string of the molecule is Cc1cc(C(=O)NC(C)CBr)ccn1. The summed E-state index contributed by atoms with van der Waals surface area (Å²) in [7, 11) is 0. The van der Waals surface area contributed by atoms with E-state index in [1.54, 1.807) is 18.3 Å². The molecule has 1 rings (SSSR count). The molecule has 0 aromatic carbocycles. The molecule has 1 aromatic heterocycles. The van der Waals surface area contributed by atoms with Gasteiger partial charge in [-0.05, 0) is 26.0 Å². The fourth-order valence-corrected chi connectivity index (χ4v) is 1.19. The minimum Gasteiger partial charge on any atom is -0.349 e. The van der Waals surface area contributed by atoms with Crippen LogP contribution in [0, 0.1) is 6.92 Å². The molecule has 0 aliphatic rings. The summed E-state index contributed by atoms with van der Waals surface area (Å²) in [5.41, 5.74) is 1.51. The lowest BCUT2D eigenvalue weighted by Crippen LogP contribution is -2.33. The van der Waals surface area contributed by atoms with Gasteiger partial charge in [-0.3, -0.25) is 9.78 Å². The maximum absolute atomic E-state index is 11.6. The van der Waals surface area contributed by atoms with Gasteiger partial charge in [-0.25, -0.2) is 0 Å². The third-order valence-corrected chi connectivity index (χ3v) is 2.74. The molecule has 0 radical (unpaired) electrons. The Morgan fingerprint density at radius 1 is 1.71 bits per heavy atom. The third kappa shape index (κ3) is 3.10. The first kappa shape index (κ1) is 11.2. The number of rotatable bonds is 3. The highest BCUT2D eigenvalue weighted by atomic mass is 79.9. The Morgan fingerprint density at radius 3 is 3.00 bits per heavy atom. The second-order valence-corrected chi connectivity index (χ2v) is 3.86. The fraction of sp³-hybridized carbons (Fsp3) is 0.400. The van der Waals surface area contributed by atoms with Gasteiger partial charge in [-0.2, -0.15) is 0 Å². The molecule has 1 amide bonds. The zero-order valence-corrected chi connectivity index (χ0v) is 9.84. The van der Waals surface area contributed by atoms with Gasteiger partial charge in [0.25, 0.3) is 5.91 Å². The molecule has 0 aliphatic heterocycles. The van der Waals surface area contributed by atoms with E-state index in [9.17, 15) is 4.79 Å². The van der Waals surface area contributed by atoms with Crippen LogP contribution in [0.3, 0.4) is 0 Å². The highest BCUT2D eigenvalue weighted by Crippen LogP contribution is 2.01. The minimum atomic E-state index is -0.0533. The number of carbonyl (C=O) groups is 1. The highest BCUT2D eigenvalue weighted by molar-refractivity contribution is 9.09. The van der Waals surface area contributed by atoms with Crippen LogP contribution in [-0.2, 0) is 0 Å². The number of pyridine rings is 1. The lowest BCUT2D eigenvalue weighted by Gasteiger charge is -2.10. The molecular formula is C10H13BrN2O. The molecule has 1 unspecified atom stereocenters. The van der Waals surface area contributed by atoms with Crippen molar-refractivity contribution in [2.75, 3.05) is 5.33 Å². The largest absolute Gasteiger partial charge is 0.349 e. The number of amides is 1. The molecule has 3 nitrogen and oxygen atoms in total. The molecule has 14 heavy (non-hydrogen) atoms. The Bertz CT molecular complexity index is 328. The van der Waals surface area contributed by atoms with Crippen molar-refractivity contribution in [1.29, 1.82) is 0 Å². The van der Waals surface area contributed by atoms with Gasteiger partial charge >= 0.3 is 0 Å². The zero-order chi connectivity index (χ0) is 10.6. The summed E-state index contributed by atoms with van der Waals surface area (Å²) in [6, 6.07) is 3.62. The number of nitrogens with zero attached hydrogens (tertiary/aromatic N) is 1. The summed E-state index contributed by atoms with van der Waals surface area (Å²) in [4.78, 5) is 15.6. The Kier molecular flexibility index (Phi) is 4.07. The first-order valence-corrected chi connectivity index (χ1v) is 5.55. The van der Waals surface area contributed by atoms with Crippen molar-refractivity contribution < 1.29 is 4.79 Å². The first-order chi connectivity index (χ1) is 6.63. The average molecular weight is 257 g/mol. The predicted octanol–water partition coefficient (Wildman–Crippen LogP) is 1.90. The lowest BCUT2D eigenvalue weighted by atomic mass is 10.2. The van der Waals surface area contributed by atoms with Gasteiger partial charge in [-0.1, -0.05) is 15.9 Å². The monoisotopic (exact) mass is 256 g/mol. The number of hydrogen-bond donors (Lipinski definition) is 1. The summed E-state index contributed by atoms with van der Waals surface area (Å²) in [6.45, 7) is 3.81. The molecule has 0 saturated carbocycles. The number of halogens is 1. The molecule has 0 bridgehead atoms. The van der Waals surface area contributed by atoms with Crippen molar-refractivity contribution in [3.05, 3.63) is 29.6 Å². The topological polar surface area (TPSA) is 42.0 Å². The highest BCUT2D eigenvalue weighted by Gasteiger charge is 2.08. The van der Waals surface area contributed by atoms with E-state index in [4.69, 9.17) is 0 Å². The summed E-state index contributed by atoms with van der Waals surface area (Å²) in [6.07, 6.45) is 1.64.